The van der Waals surface area contributed by atoms with Crippen LogP contribution in [0.3, 0.4) is 0 Å². The zero-order valence-electron chi connectivity index (χ0n) is 17.8. The fourth-order valence-corrected chi connectivity index (χ4v) is 3.57. The van der Waals surface area contributed by atoms with Crippen molar-refractivity contribution in [3.63, 3.8) is 0 Å². The lowest BCUT2D eigenvalue weighted by atomic mass is 10.1. The molecule has 0 fully saturated rings. The van der Waals surface area contributed by atoms with E-state index in [-0.39, 0.29) is 23.1 Å². The molecule has 6 heteroatoms. The highest BCUT2D eigenvalue weighted by Crippen LogP contribution is 2.21. The van der Waals surface area contributed by atoms with Crippen LogP contribution in [-0.2, 0) is 16.1 Å². The molecule has 0 heterocycles. The van der Waals surface area contributed by atoms with Gasteiger partial charge in [-0.15, -0.1) is 11.8 Å². The first-order chi connectivity index (χ1) is 13.7. The molecule has 0 aromatic heterocycles. The summed E-state index contributed by atoms with van der Waals surface area (Å²) >= 11 is 1.47. The number of thioether (sulfide) groups is 1. The highest BCUT2D eigenvalue weighted by molar-refractivity contribution is 8.00. The lowest BCUT2D eigenvalue weighted by molar-refractivity contribution is -0.139. The summed E-state index contributed by atoms with van der Waals surface area (Å²) < 4.78 is 5.29. The Morgan fingerprint density at radius 1 is 1.10 bits per heavy atom. The molecule has 0 aliphatic heterocycles. The Morgan fingerprint density at radius 2 is 1.79 bits per heavy atom. The second-order valence-electron chi connectivity index (χ2n) is 7.89. The maximum atomic E-state index is 13.1. The van der Waals surface area contributed by atoms with Crippen LogP contribution in [0.15, 0.2) is 59.5 Å². The Labute approximate surface area is 177 Å². The molecule has 0 bridgehead atoms. The number of carbonyl (C=O) groups excluding carboxylic acids is 2. The minimum atomic E-state index is -0.593. The van der Waals surface area contributed by atoms with E-state index in [0.717, 1.165) is 16.2 Å². The molecule has 29 heavy (non-hydrogen) atoms. The number of methoxy groups -OCH3 is 1. The smallest absolute Gasteiger partial charge is 0.242 e. The molecule has 0 spiro atoms. The van der Waals surface area contributed by atoms with Crippen LogP contribution in [0.2, 0.25) is 0 Å². The first-order valence-corrected chi connectivity index (χ1v) is 10.6. The minimum absolute atomic E-state index is 0.0850. The topological polar surface area (TPSA) is 58.6 Å². The molecule has 0 saturated heterocycles. The Kier molecular flexibility index (Phi) is 8.14. The van der Waals surface area contributed by atoms with Gasteiger partial charge in [0.05, 0.1) is 12.9 Å². The number of ether oxygens (including phenoxy) is 1. The number of carbonyl (C=O) groups is 2. The minimum Gasteiger partial charge on any atom is -0.497 e. The summed E-state index contributed by atoms with van der Waals surface area (Å²) in [5.74, 6) is 0.734. The number of nitrogens with one attached hydrogen (secondary N) is 1. The molecule has 1 atom stereocenters. The number of rotatable bonds is 8. The van der Waals surface area contributed by atoms with E-state index in [4.69, 9.17) is 4.74 Å². The van der Waals surface area contributed by atoms with Gasteiger partial charge >= 0.3 is 0 Å². The lowest BCUT2D eigenvalue weighted by Gasteiger charge is -2.31. The molecule has 0 aliphatic rings. The summed E-state index contributed by atoms with van der Waals surface area (Å²) in [4.78, 5) is 28.5. The largest absolute Gasteiger partial charge is 0.497 e. The van der Waals surface area contributed by atoms with Crippen molar-refractivity contribution in [1.29, 1.82) is 0 Å². The van der Waals surface area contributed by atoms with Crippen LogP contribution in [0.25, 0.3) is 0 Å². The molecule has 2 amide bonds. The fourth-order valence-electron chi connectivity index (χ4n) is 2.77. The van der Waals surface area contributed by atoms with Crippen molar-refractivity contribution >= 4 is 23.6 Å². The Morgan fingerprint density at radius 3 is 2.41 bits per heavy atom. The van der Waals surface area contributed by atoms with Gasteiger partial charge in [0.1, 0.15) is 11.8 Å². The number of amides is 2. The zero-order chi connectivity index (χ0) is 21.4. The third-order valence-corrected chi connectivity index (χ3v) is 5.25. The Hall–Kier alpha value is -2.47. The van der Waals surface area contributed by atoms with Crippen LogP contribution >= 0.6 is 11.8 Å². The van der Waals surface area contributed by atoms with Crippen molar-refractivity contribution in [3.05, 3.63) is 60.2 Å². The number of hydrogen-bond acceptors (Lipinski definition) is 4. The van der Waals surface area contributed by atoms with Gasteiger partial charge in [0.2, 0.25) is 11.8 Å². The SMILES string of the molecule is COc1cccc(CN(C(=O)CSc2ccccc2)[C@H](C)C(=O)NC(C)(C)C)c1. The van der Waals surface area contributed by atoms with E-state index in [9.17, 15) is 9.59 Å². The predicted octanol–water partition coefficient (Wildman–Crippen LogP) is 4.12. The average Bonchev–Trinajstić information content (AvgIpc) is 2.69. The molecular formula is C23H30N2O3S. The van der Waals surface area contributed by atoms with E-state index in [1.165, 1.54) is 11.8 Å². The summed E-state index contributed by atoms with van der Waals surface area (Å²) in [5.41, 5.74) is 0.548. The van der Waals surface area contributed by atoms with E-state index in [1.807, 2.05) is 75.4 Å². The average molecular weight is 415 g/mol. The molecule has 0 aliphatic carbocycles. The molecule has 1 N–H and O–H groups in total. The van der Waals surface area contributed by atoms with Gasteiger partial charge < -0.3 is 15.0 Å². The van der Waals surface area contributed by atoms with E-state index in [2.05, 4.69) is 5.32 Å². The number of benzene rings is 2. The molecule has 5 nitrogen and oxygen atoms in total. The molecule has 0 saturated carbocycles. The third kappa shape index (κ3) is 7.46. The van der Waals surface area contributed by atoms with Crippen molar-refractivity contribution in [2.75, 3.05) is 12.9 Å². The van der Waals surface area contributed by atoms with Gasteiger partial charge in [-0.25, -0.2) is 0 Å². The first kappa shape index (κ1) is 22.8. The highest BCUT2D eigenvalue weighted by Gasteiger charge is 2.28. The molecule has 2 aromatic rings. The summed E-state index contributed by atoms with van der Waals surface area (Å²) in [5, 5.41) is 2.97. The van der Waals surface area contributed by atoms with Crippen LogP contribution < -0.4 is 10.1 Å². The second kappa shape index (κ2) is 10.3. The van der Waals surface area contributed by atoms with Crippen LogP contribution in [-0.4, -0.2) is 41.2 Å². The first-order valence-electron chi connectivity index (χ1n) is 9.62. The third-order valence-electron chi connectivity index (χ3n) is 4.26. The van der Waals surface area contributed by atoms with Gasteiger partial charge in [0, 0.05) is 17.0 Å². The number of nitrogens with zero attached hydrogens (tertiary/aromatic N) is 1. The van der Waals surface area contributed by atoms with Crippen molar-refractivity contribution < 1.29 is 14.3 Å². The van der Waals surface area contributed by atoms with Gasteiger partial charge in [-0.2, -0.15) is 0 Å². The lowest BCUT2D eigenvalue weighted by Crippen LogP contribution is -2.52. The van der Waals surface area contributed by atoms with Gasteiger partial charge in [0.25, 0.3) is 0 Å². The van der Waals surface area contributed by atoms with Gasteiger partial charge in [-0.3, -0.25) is 9.59 Å². The standard InChI is InChI=1S/C23H30N2O3S/c1-17(22(27)24-23(2,3)4)25(15-18-10-9-11-19(14-18)28-5)21(26)16-29-20-12-7-6-8-13-20/h6-14,17H,15-16H2,1-5H3,(H,24,27)/t17-/m1/s1. The van der Waals surface area contributed by atoms with Gasteiger partial charge in [0.15, 0.2) is 0 Å². The normalized spacial score (nSPS) is 12.2. The zero-order valence-corrected chi connectivity index (χ0v) is 18.6. The summed E-state index contributed by atoms with van der Waals surface area (Å²) in [6.45, 7) is 7.89. The summed E-state index contributed by atoms with van der Waals surface area (Å²) in [7, 11) is 1.61. The molecule has 0 unspecified atom stereocenters. The van der Waals surface area contributed by atoms with Crippen LogP contribution in [0.5, 0.6) is 5.75 Å². The summed E-state index contributed by atoms with van der Waals surface area (Å²) in [6, 6.07) is 16.7. The maximum absolute atomic E-state index is 13.1. The monoisotopic (exact) mass is 414 g/mol. The van der Waals surface area contributed by atoms with Gasteiger partial charge in [-0.05, 0) is 57.5 Å². The molecular weight excluding hydrogens is 384 g/mol. The van der Waals surface area contributed by atoms with E-state index in [0.29, 0.717) is 6.54 Å². The maximum Gasteiger partial charge on any atom is 0.242 e. The van der Waals surface area contributed by atoms with Crippen molar-refractivity contribution in [2.24, 2.45) is 0 Å². The molecule has 2 rings (SSSR count). The summed E-state index contributed by atoms with van der Waals surface area (Å²) in [6.07, 6.45) is 0. The highest BCUT2D eigenvalue weighted by atomic mass is 32.2. The van der Waals surface area contributed by atoms with E-state index >= 15 is 0 Å². The quantitative estimate of drug-likeness (QED) is 0.660. The molecule has 0 radical (unpaired) electrons. The molecule has 2 aromatic carbocycles. The van der Waals surface area contributed by atoms with Crippen LogP contribution in [0.1, 0.15) is 33.3 Å². The predicted molar refractivity (Wildman–Crippen MR) is 118 cm³/mol. The van der Waals surface area contributed by atoms with Crippen LogP contribution in [0.4, 0.5) is 0 Å². The molecule has 156 valence electrons. The Bertz CT molecular complexity index is 818. The second-order valence-corrected chi connectivity index (χ2v) is 8.94. The van der Waals surface area contributed by atoms with Crippen molar-refractivity contribution in [2.45, 2.75) is 50.7 Å². The fraction of sp³-hybridized carbons (Fsp3) is 0.391. The van der Waals surface area contributed by atoms with Gasteiger partial charge in [-0.1, -0.05) is 30.3 Å². The van der Waals surface area contributed by atoms with Crippen LogP contribution in [0, 0.1) is 0 Å². The van der Waals surface area contributed by atoms with Crippen molar-refractivity contribution in [3.8, 4) is 5.75 Å². The number of hydrogen-bond donors (Lipinski definition) is 1. The van der Waals surface area contributed by atoms with E-state index < -0.39 is 6.04 Å². The van der Waals surface area contributed by atoms with Crippen molar-refractivity contribution in [1.82, 2.24) is 10.2 Å². The Balaban J connectivity index is 2.18. The van der Waals surface area contributed by atoms with E-state index in [1.54, 1.807) is 18.9 Å².